The van der Waals surface area contributed by atoms with Crippen LogP contribution in [-0.2, 0) is 9.59 Å². The normalized spacial score (nSPS) is 10.7. The molecule has 0 bridgehead atoms. The van der Waals surface area contributed by atoms with Gasteiger partial charge in [0.05, 0.1) is 13.1 Å². The molecule has 21 heavy (non-hydrogen) atoms. The molecule has 1 rings (SSSR count). The van der Waals surface area contributed by atoms with E-state index in [1.54, 1.807) is 27.7 Å². The second kappa shape index (κ2) is 6.90. The largest absolute Gasteiger partial charge is 0.480 e. The third-order valence-electron chi connectivity index (χ3n) is 3.17. The molecule has 0 aliphatic rings. The van der Waals surface area contributed by atoms with Crippen LogP contribution in [0.15, 0.2) is 4.42 Å². The van der Waals surface area contributed by atoms with Crippen molar-refractivity contribution < 1.29 is 19.1 Å². The molecule has 0 aliphatic heterocycles. The van der Waals surface area contributed by atoms with Crippen molar-refractivity contribution in [2.45, 2.75) is 33.7 Å². The van der Waals surface area contributed by atoms with Crippen LogP contribution in [-0.4, -0.2) is 41.0 Å². The van der Waals surface area contributed by atoms with Crippen molar-refractivity contribution in [2.24, 2.45) is 0 Å². The average Bonchev–Trinajstić information content (AvgIpc) is 2.62. The lowest BCUT2D eigenvalue weighted by Crippen LogP contribution is -2.41. The summed E-state index contributed by atoms with van der Waals surface area (Å²) in [7, 11) is 0. The fourth-order valence-electron chi connectivity index (χ4n) is 1.80. The van der Waals surface area contributed by atoms with Gasteiger partial charge in [0.25, 0.3) is 0 Å². The lowest BCUT2D eigenvalue weighted by molar-refractivity contribution is -0.139. The van der Waals surface area contributed by atoms with Gasteiger partial charge in [-0.1, -0.05) is 0 Å². The number of carboxylic acids is 1. The van der Waals surface area contributed by atoms with Crippen molar-refractivity contribution in [3.63, 3.8) is 0 Å². The molecule has 1 aromatic heterocycles. The molecule has 2 N–H and O–H groups in total. The predicted molar refractivity (Wildman–Crippen MR) is 75.9 cm³/mol. The number of aliphatic carboxylic acids is 1. The number of amides is 1. The Kier molecular flexibility index (Phi) is 5.50. The summed E-state index contributed by atoms with van der Waals surface area (Å²) >= 11 is 0. The van der Waals surface area contributed by atoms with Gasteiger partial charge in [-0.25, -0.2) is 0 Å². The molecule has 1 aromatic rings. The second-order valence-corrected chi connectivity index (χ2v) is 5.04. The van der Waals surface area contributed by atoms with E-state index >= 15 is 0 Å². The molecular weight excluding hydrogens is 274 g/mol. The third-order valence-corrected chi connectivity index (χ3v) is 3.17. The van der Waals surface area contributed by atoms with Gasteiger partial charge >= 0.3 is 5.97 Å². The summed E-state index contributed by atoms with van der Waals surface area (Å²) < 4.78 is 5.34. The zero-order valence-electron chi connectivity index (χ0n) is 12.6. The molecule has 0 unspecified atom stereocenters. The van der Waals surface area contributed by atoms with E-state index in [9.17, 15) is 9.59 Å². The van der Waals surface area contributed by atoms with E-state index in [-0.39, 0.29) is 30.6 Å². The maximum atomic E-state index is 12.0. The Hall–Kier alpha value is -2.33. The molecular formula is C14H19N3O4. The highest BCUT2D eigenvalue weighted by atomic mass is 16.4. The minimum atomic E-state index is -1.00. The molecule has 0 radical (unpaired) electrons. The van der Waals surface area contributed by atoms with Crippen LogP contribution in [0.2, 0.25) is 0 Å². The summed E-state index contributed by atoms with van der Waals surface area (Å²) in [5.74, 6) is -0.751. The molecule has 7 nitrogen and oxygen atoms in total. The van der Waals surface area contributed by atoms with Gasteiger partial charge in [0, 0.05) is 11.6 Å². The van der Waals surface area contributed by atoms with Crippen LogP contribution in [0.1, 0.15) is 30.7 Å². The SMILES string of the molecule is Cc1oc(NC(=O)CN(CC(=O)O)C(C)C)c(C#N)c1C. The maximum absolute atomic E-state index is 12.0. The van der Waals surface area contributed by atoms with Gasteiger partial charge in [-0.05, 0) is 27.7 Å². The Morgan fingerprint density at radius 2 is 2.00 bits per heavy atom. The highest BCUT2D eigenvalue weighted by Gasteiger charge is 2.20. The van der Waals surface area contributed by atoms with Crippen molar-refractivity contribution >= 4 is 17.8 Å². The number of nitrogens with zero attached hydrogens (tertiary/aromatic N) is 2. The standard InChI is InChI=1S/C14H19N3O4/c1-8(2)17(7-13(19)20)6-12(18)16-14-11(5-15)9(3)10(4)21-14/h8H,6-7H2,1-4H3,(H,16,18)(H,19,20). The van der Waals surface area contributed by atoms with Crippen molar-refractivity contribution in [2.75, 3.05) is 18.4 Å². The van der Waals surface area contributed by atoms with Crippen molar-refractivity contribution in [1.82, 2.24) is 4.90 Å². The number of nitrogens with one attached hydrogen (secondary N) is 1. The Labute approximate surface area is 123 Å². The minimum absolute atomic E-state index is 0.0897. The predicted octanol–water partition coefficient (Wildman–Crippen LogP) is 1.50. The summed E-state index contributed by atoms with van der Waals surface area (Å²) in [6, 6.07) is 1.89. The zero-order chi connectivity index (χ0) is 16.2. The first-order chi connectivity index (χ1) is 9.76. The summed E-state index contributed by atoms with van der Waals surface area (Å²) in [6.07, 6.45) is 0. The number of hydrogen-bond donors (Lipinski definition) is 2. The lowest BCUT2D eigenvalue weighted by atomic mass is 10.2. The van der Waals surface area contributed by atoms with Gasteiger partial charge in [-0.15, -0.1) is 0 Å². The van der Waals surface area contributed by atoms with E-state index in [2.05, 4.69) is 5.32 Å². The summed E-state index contributed by atoms with van der Waals surface area (Å²) in [6.45, 7) is 6.73. The number of anilines is 1. The third kappa shape index (κ3) is 4.33. The van der Waals surface area contributed by atoms with Crippen molar-refractivity contribution in [3.8, 4) is 6.07 Å². The number of carbonyl (C=O) groups excluding carboxylic acids is 1. The smallest absolute Gasteiger partial charge is 0.317 e. The summed E-state index contributed by atoms with van der Waals surface area (Å²) in [5.41, 5.74) is 0.967. The number of furan rings is 1. The Balaban J connectivity index is 2.80. The fraction of sp³-hybridized carbons (Fsp3) is 0.500. The molecule has 1 heterocycles. The fourth-order valence-corrected chi connectivity index (χ4v) is 1.80. The van der Waals surface area contributed by atoms with Gasteiger partial charge in [-0.3, -0.25) is 19.8 Å². The summed E-state index contributed by atoms with van der Waals surface area (Å²) in [5, 5.41) is 20.4. The van der Waals surface area contributed by atoms with Crippen LogP contribution < -0.4 is 5.32 Å². The first-order valence-corrected chi connectivity index (χ1v) is 6.52. The molecule has 0 aliphatic carbocycles. The lowest BCUT2D eigenvalue weighted by Gasteiger charge is -2.23. The van der Waals surface area contributed by atoms with Crippen LogP contribution >= 0.6 is 0 Å². The first-order valence-electron chi connectivity index (χ1n) is 6.52. The van der Waals surface area contributed by atoms with Crippen molar-refractivity contribution in [1.29, 1.82) is 5.26 Å². The zero-order valence-corrected chi connectivity index (χ0v) is 12.6. The number of carboxylic acid groups (broad SMARTS) is 1. The van der Waals surface area contributed by atoms with Crippen LogP contribution in [0.5, 0.6) is 0 Å². The molecule has 1 amide bonds. The topological polar surface area (TPSA) is 107 Å². The van der Waals surface area contributed by atoms with E-state index in [1.165, 1.54) is 4.90 Å². The van der Waals surface area contributed by atoms with E-state index < -0.39 is 11.9 Å². The van der Waals surface area contributed by atoms with Gasteiger partial charge < -0.3 is 9.52 Å². The van der Waals surface area contributed by atoms with E-state index in [0.717, 1.165) is 0 Å². The molecule has 0 aromatic carbocycles. The second-order valence-electron chi connectivity index (χ2n) is 5.04. The van der Waals surface area contributed by atoms with Gasteiger partial charge in [0.2, 0.25) is 11.8 Å². The van der Waals surface area contributed by atoms with E-state index in [0.29, 0.717) is 11.3 Å². The monoisotopic (exact) mass is 293 g/mol. The number of nitriles is 1. The Morgan fingerprint density at radius 3 is 2.48 bits per heavy atom. The molecule has 0 saturated carbocycles. The molecule has 0 saturated heterocycles. The van der Waals surface area contributed by atoms with Crippen molar-refractivity contribution in [3.05, 3.63) is 16.9 Å². The quantitative estimate of drug-likeness (QED) is 0.823. The number of rotatable bonds is 6. The highest BCUT2D eigenvalue weighted by Crippen LogP contribution is 2.25. The van der Waals surface area contributed by atoms with Crippen LogP contribution in [0.3, 0.4) is 0 Å². The number of carbonyl (C=O) groups is 2. The van der Waals surface area contributed by atoms with Gasteiger partial charge in [0.1, 0.15) is 17.4 Å². The number of hydrogen-bond acceptors (Lipinski definition) is 5. The van der Waals surface area contributed by atoms with E-state index in [4.69, 9.17) is 14.8 Å². The first kappa shape index (κ1) is 16.7. The molecule has 7 heteroatoms. The number of aryl methyl sites for hydroxylation is 1. The Morgan fingerprint density at radius 1 is 1.38 bits per heavy atom. The van der Waals surface area contributed by atoms with E-state index in [1.807, 2.05) is 6.07 Å². The molecule has 114 valence electrons. The van der Waals surface area contributed by atoms with Gasteiger partial charge in [-0.2, -0.15) is 5.26 Å². The Bertz CT molecular complexity index is 584. The van der Waals surface area contributed by atoms with Crippen LogP contribution in [0.25, 0.3) is 0 Å². The molecule has 0 atom stereocenters. The average molecular weight is 293 g/mol. The molecule has 0 spiro atoms. The van der Waals surface area contributed by atoms with Gasteiger partial charge in [0.15, 0.2) is 0 Å². The summed E-state index contributed by atoms with van der Waals surface area (Å²) in [4.78, 5) is 24.3. The van der Waals surface area contributed by atoms with Crippen LogP contribution in [0, 0.1) is 25.2 Å². The minimum Gasteiger partial charge on any atom is -0.480 e. The maximum Gasteiger partial charge on any atom is 0.317 e. The highest BCUT2D eigenvalue weighted by molar-refractivity contribution is 5.92. The van der Waals surface area contributed by atoms with Crippen LogP contribution in [0.4, 0.5) is 5.88 Å². The molecule has 0 fully saturated rings.